The molecule has 7 nitrogen and oxygen atoms in total. The van der Waals surface area contributed by atoms with E-state index in [0.717, 1.165) is 10.0 Å². The number of hydrogen-bond acceptors (Lipinski definition) is 7. The molecule has 1 unspecified atom stereocenters. The molecule has 2 aromatic carbocycles. The summed E-state index contributed by atoms with van der Waals surface area (Å²) >= 11 is 3.47. The second kappa shape index (κ2) is 8.49. The predicted octanol–water partition coefficient (Wildman–Crippen LogP) is 4.26. The molecule has 8 heteroatoms. The van der Waals surface area contributed by atoms with Gasteiger partial charge in [-0.15, -0.1) is 0 Å². The number of allylic oxidation sites excluding steroid dienone is 1. The second-order valence-electron chi connectivity index (χ2n) is 6.70. The standard InChI is InChI=1S/C22H19BrO7/c1-3-27-22(25)12(2)29-16-4-5-17-18(9-16)30-19(20(17)24)8-13-6-15(23)7-14-10-26-11-28-21(13)14/h4-9,12H,3,10-11H2,1-2H3. The number of halogens is 1. The van der Waals surface area contributed by atoms with Gasteiger partial charge in [-0.25, -0.2) is 4.79 Å². The summed E-state index contributed by atoms with van der Waals surface area (Å²) in [4.78, 5) is 24.6. The lowest BCUT2D eigenvalue weighted by Gasteiger charge is -2.20. The third kappa shape index (κ3) is 4.06. The van der Waals surface area contributed by atoms with E-state index in [0.29, 0.717) is 35.0 Å². The minimum Gasteiger partial charge on any atom is -0.479 e. The summed E-state index contributed by atoms with van der Waals surface area (Å²) < 4.78 is 28.1. The smallest absolute Gasteiger partial charge is 0.347 e. The van der Waals surface area contributed by atoms with Crippen LogP contribution in [0.4, 0.5) is 0 Å². The highest BCUT2D eigenvalue weighted by Crippen LogP contribution is 2.38. The number of ether oxygens (including phenoxy) is 5. The summed E-state index contributed by atoms with van der Waals surface area (Å²) in [5.41, 5.74) is 2.02. The van der Waals surface area contributed by atoms with Gasteiger partial charge in [0.2, 0.25) is 5.78 Å². The Morgan fingerprint density at radius 3 is 2.93 bits per heavy atom. The molecule has 1 atom stereocenters. The molecule has 2 aliphatic rings. The predicted molar refractivity (Wildman–Crippen MR) is 111 cm³/mol. The number of carbonyl (C=O) groups is 2. The van der Waals surface area contributed by atoms with Gasteiger partial charge in [0.05, 0.1) is 18.8 Å². The molecule has 0 aliphatic carbocycles. The van der Waals surface area contributed by atoms with E-state index in [1.807, 2.05) is 12.1 Å². The SMILES string of the molecule is CCOC(=O)C(C)Oc1ccc2c(c1)OC(=Cc1cc(Br)cc3c1OCOC3)C2=O. The molecule has 0 spiro atoms. The summed E-state index contributed by atoms with van der Waals surface area (Å²) in [7, 11) is 0. The van der Waals surface area contributed by atoms with Gasteiger partial charge >= 0.3 is 5.97 Å². The zero-order chi connectivity index (χ0) is 21.3. The van der Waals surface area contributed by atoms with Crippen LogP contribution in [-0.2, 0) is 20.9 Å². The van der Waals surface area contributed by atoms with Crippen LogP contribution in [0.2, 0.25) is 0 Å². The minimum atomic E-state index is -0.775. The molecule has 0 N–H and O–H groups in total. The summed E-state index contributed by atoms with van der Waals surface area (Å²) in [6.45, 7) is 4.19. The zero-order valence-corrected chi connectivity index (χ0v) is 18.0. The molecule has 0 saturated carbocycles. The molecule has 0 amide bonds. The Kier molecular flexibility index (Phi) is 5.78. The summed E-state index contributed by atoms with van der Waals surface area (Å²) in [6.07, 6.45) is 0.877. The van der Waals surface area contributed by atoms with Crippen molar-refractivity contribution in [1.82, 2.24) is 0 Å². The lowest BCUT2D eigenvalue weighted by Crippen LogP contribution is -2.26. The van der Waals surface area contributed by atoms with Crippen molar-refractivity contribution in [3.05, 3.63) is 57.3 Å². The fraction of sp³-hybridized carbons (Fsp3) is 0.273. The maximum absolute atomic E-state index is 12.8. The van der Waals surface area contributed by atoms with E-state index in [9.17, 15) is 9.59 Å². The largest absolute Gasteiger partial charge is 0.479 e. The Labute approximate surface area is 181 Å². The number of rotatable bonds is 5. The van der Waals surface area contributed by atoms with Crippen molar-refractivity contribution in [2.75, 3.05) is 13.4 Å². The van der Waals surface area contributed by atoms with Gasteiger partial charge in [-0.3, -0.25) is 4.79 Å². The molecular weight excluding hydrogens is 456 g/mol. The topological polar surface area (TPSA) is 80.3 Å². The Morgan fingerprint density at radius 1 is 1.30 bits per heavy atom. The first-order valence-electron chi connectivity index (χ1n) is 9.41. The fourth-order valence-corrected chi connectivity index (χ4v) is 3.73. The minimum absolute atomic E-state index is 0.152. The van der Waals surface area contributed by atoms with Crippen molar-refractivity contribution in [1.29, 1.82) is 0 Å². The third-order valence-corrected chi connectivity index (χ3v) is 5.02. The van der Waals surface area contributed by atoms with Gasteiger partial charge in [0, 0.05) is 21.7 Å². The van der Waals surface area contributed by atoms with Crippen LogP contribution in [0, 0.1) is 0 Å². The number of ketones is 1. The molecule has 30 heavy (non-hydrogen) atoms. The van der Waals surface area contributed by atoms with Crippen LogP contribution in [0.5, 0.6) is 17.2 Å². The second-order valence-corrected chi connectivity index (χ2v) is 7.62. The highest BCUT2D eigenvalue weighted by Gasteiger charge is 2.29. The number of Topliss-reactive ketones (excluding diaryl/α,β-unsaturated/α-hetero) is 1. The molecule has 156 valence electrons. The monoisotopic (exact) mass is 474 g/mol. The number of fused-ring (bicyclic) bond motifs is 2. The van der Waals surface area contributed by atoms with Crippen LogP contribution >= 0.6 is 15.9 Å². The van der Waals surface area contributed by atoms with Crippen LogP contribution in [0.25, 0.3) is 6.08 Å². The van der Waals surface area contributed by atoms with Gasteiger partial charge in [0.1, 0.15) is 17.2 Å². The Morgan fingerprint density at radius 2 is 2.13 bits per heavy atom. The molecule has 0 aromatic heterocycles. The lowest BCUT2D eigenvalue weighted by atomic mass is 10.1. The first-order chi connectivity index (χ1) is 14.5. The number of benzene rings is 2. The van der Waals surface area contributed by atoms with Crippen molar-refractivity contribution in [3.8, 4) is 17.2 Å². The summed E-state index contributed by atoms with van der Waals surface area (Å²) in [6, 6.07) is 8.60. The average molecular weight is 475 g/mol. The summed E-state index contributed by atoms with van der Waals surface area (Å²) in [5.74, 6) is 0.916. The van der Waals surface area contributed by atoms with E-state index in [2.05, 4.69) is 15.9 Å². The molecule has 0 fully saturated rings. The maximum Gasteiger partial charge on any atom is 0.347 e. The van der Waals surface area contributed by atoms with Gasteiger partial charge in [-0.2, -0.15) is 0 Å². The summed E-state index contributed by atoms with van der Waals surface area (Å²) in [5, 5.41) is 0. The average Bonchev–Trinajstić information content (AvgIpc) is 3.02. The molecule has 2 heterocycles. The van der Waals surface area contributed by atoms with E-state index >= 15 is 0 Å². The number of carbonyl (C=O) groups excluding carboxylic acids is 2. The van der Waals surface area contributed by atoms with Crippen molar-refractivity contribution in [2.24, 2.45) is 0 Å². The number of esters is 1. The van der Waals surface area contributed by atoms with E-state index in [4.69, 9.17) is 23.7 Å². The van der Waals surface area contributed by atoms with E-state index in [-0.39, 0.29) is 24.9 Å². The van der Waals surface area contributed by atoms with Crippen molar-refractivity contribution in [3.63, 3.8) is 0 Å². The van der Waals surface area contributed by atoms with Gasteiger partial charge < -0.3 is 23.7 Å². The van der Waals surface area contributed by atoms with Gasteiger partial charge in [-0.1, -0.05) is 15.9 Å². The molecule has 0 radical (unpaired) electrons. The van der Waals surface area contributed by atoms with Crippen LogP contribution in [0.1, 0.15) is 35.3 Å². The Bertz CT molecular complexity index is 1040. The van der Waals surface area contributed by atoms with Gasteiger partial charge in [-0.05, 0) is 44.2 Å². The highest BCUT2D eigenvalue weighted by atomic mass is 79.9. The fourth-order valence-electron chi connectivity index (χ4n) is 3.21. The van der Waals surface area contributed by atoms with Crippen LogP contribution in [-0.4, -0.2) is 31.3 Å². The van der Waals surface area contributed by atoms with Gasteiger partial charge in [0.15, 0.2) is 18.7 Å². The molecule has 2 aromatic rings. The molecular formula is C22H19BrO7. The Balaban J connectivity index is 1.59. The lowest BCUT2D eigenvalue weighted by molar-refractivity contribution is -0.150. The van der Waals surface area contributed by atoms with E-state index < -0.39 is 12.1 Å². The number of hydrogen-bond donors (Lipinski definition) is 0. The van der Waals surface area contributed by atoms with Crippen LogP contribution < -0.4 is 14.2 Å². The third-order valence-electron chi connectivity index (χ3n) is 4.56. The molecule has 0 saturated heterocycles. The quantitative estimate of drug-likeness (QED) is 0.472. The molecule has 0 bridgehead atoms. The normalized spacial score (nSPS) is 16.9. The molecule has 2 aliphatic heterocycles. The van der Waals surface area contributed by atoms with Crippen LogP contribution in [0.3, 0.4) is 0 Å². The van der Waals surface area contributed by atoms with Crippen molar-refractivity contribution < 1.29 is 33.3 Å². The molecule has 4 rings (SSSR count). The van der Waals surface area contributed by atoms with Gasteiger partial charge in [0.25, 0.3) is 0 Å². The zero-order valence-electron chi connectivity index (χ0n) is 16.4. The van der Waals surface area contributed by atoms with Crippen molar-refractivity contribution in [2.45, 2.75) is 26.6 Å². The van der Waals surface area contributed by atoms with E-state index in [1.54, 1.807) is 38.1 Å². The van der Waals surface area contributed by atoms with Crippen molar-refractivity contribution >= 4 is 33.8 Å². The first-order valence-corrected chi connectivity index (χ1v) is 10.2. The maximum atomic E-state index is 12.8. The van der Waals surface area contributed by atoms with E-state index in [1.165, 1.54) is 0 Å². The Hall–Kier alpha value is -2.84. The van der Waals surface area contributed by atoms with Crippen LogP contribution in [0.15, 0.2) is 40.6 Å². The first kappa shape index (κ1) is 20.4. The highest BCUT2D eigenvalue weighted by molar-refractivity contribution is 9.10.